The van der Waals surface area contributed by atoms with Crippen LogP contribution in [0, 0.1) is 0 Å². The Kier molecular flexibility index (Phi) is 8.64. The van der Waals surface area contributed by atoms with Crippen molar-refractivity contribution >= 4 is 49.4 Å². The van der Waals surface area contributed by atoms with E-state index in [9.17, 15) is 0 Å². The fraction of sp³-hybridized carbons (Fsp3) is 0.0923. The van der Waals surface area contributed by atoms with Crippen LogP contribution in [0.1, 0.15) is 49.9 Å². The summed E-state index contributed by atoms with van der Waals surface area (Å²) in [5, 5.41) is 7.61. The molecule has 0 saturated carbocycles. The number of benzene rings is 10. The van der Waals surface area contributed by atoms with Crippen LogP contribution in [-0.4, -0.2) is 4.98 Å². The number of pyridine rings is 1. The van der Waals surface area contributed by atoms with E-state index in [2.05, 4.69) is 244 Å². The number of fused-ring (bicyclic) bond motifs is 9. The number of anilines is 3. The third kappa shape index (κ3) is 5.92. The molecule has 2 heteroatoms. The van der Waals surface area contributed by atoms with E-state index < -0.39 is 0 Å². The van der Waals surface area contributed by atoms with Crippen molar-refractivity contribution in [1.29, 1.82) is 0 Å². The third-order valence-electron chi connectivity index (χ3n) is 15.2. The molecule has 0 spiro atoms. The minimum Gasteiger partial charge on any atom is -0.310 e. The maximum Gasteiger partial charge on any atom is 0.0465 e. The molecule has 0 bridgehead atoms. The standard InChI is InChI=1S/C65H48N2/c1-64(2)58-23-12-11-17-49(58)51-32-29-46(39-60(51)64)67(45-27-24-41(25-28-45)42-34-36-66-37-35-42)47-30-33-52-50-31-26-44(38-59(50)65(3,4)61(52)40-47)62-54-18-7-9-20-56(54)63(57-21-10-8-19-55(57)62)53-22-13-15-43-14-5-6-16-48(43)53/h5-40H,1-4H3. The van der Waals surface area contributed by atoms with E-state index in [0.717, 1.165) is 22.6 Å². The first-order chi connectivity index (χ1) is 32.8. The van der Waals surface area contributed by atoms with Crippen LogP contribution in [0.2, 0.25) is 0 Å². The molecule has 67 heavy (non-hydrogen) atoms. The molecule has 318 valence electrons. The molecule has 2 aliphatic rings. The first-order valence-corrected chi connectivity index (χ1v) is 23.5. The van der Waals surface area contributed by atoms with Gasteiger partial charge in [-0.05, 0) is 165 Å². The Morgan fingerprint density at radius 2 is 0.746 bits per heavy atom. The zero-order valence-electron chi connectivity index (χ0n) is 38.2. The number of hydrogen-bond donors (Lipinski definition) is 0. The molecule has 13 rings (SSSR count). The molecule has 0 N–H and O–H groups in total. The highest BCUT2D eigenvalue weighted by molar-refractivity contribution is 6.23. The second-order valence-corrected chi connectivity index (χ2v) is 19.5. The highest BCUT2D eigenvalue weighted by Crippen LogP contribution is 2.55. The van der Waals surface area contributed by atoms with Crippen LogP contribution < -0.4 is 4.90 Å². The van der Waals surface area contributed by atoms with Crippen LogP contribution in [0.5, 0.6) is 0 Å². The van der Waals surface area contributed by atoms with E-state index >= 15 is 0 Å². The number of hydrogen-bond acceptors (Lipinski definition) is 2. The van der Waals surface area contributed by atoms with Crippen LogP contribution in [-0.2, 0) is 10.8 Å². The number of nitrogens with zero attached hydrogens (tertiary/aromatic N) is 2. The van der Waals surface area contributed by atoms with Crippen molar-refractivity contribution < 1.29 is 0 Å². The van der Waals surface area contributed by atoms with Crippen LogP contribution in [0.25, 0.3) is 88.0 Å². The Balaban J connectivity index is 0.950. The first kappa shape index (κ1) is 39.3. The second-order valence-electron chi connectivity index (χ2n) is 19.5. The average Bonchev–Trinajstić information content (AvgIpc) is 3.74. The highest BCUT2D eigenvalue weighted by atomic mass is 15.1. The maximum absolute atomic E-state index is 4.26. The van der Waals surface area contributed by atoms with Gasteiger partial charge in [0.1, 0.15) is 0 Å². The van der Waals surface area contributed by atoms with E-state index in [1.807, 2.05) is 12.4 Å². The molecule has 1 aromatic heterocycles. The Labute approximate surface area is 392 Å². The summed E-state index contributed by atoms with van der Waals surface area (Å²) in [7, 11) is 0. The van der Waals surface area contributed by atoms with E-state index in [-0.39, 0.29) is 10.8 Å². The van der Waals surface area contributed by atoms with Crippen molar-refractivity contribution in [2.45, 2.75) is 38.5 Å². The lowest BCUT2D eigenvalue weighted by Crippen LogP contribution is -2.18. The molecular formula is C65H48N2. The predicted octanol–water partition coefficient (Wildman–Crippen LogP) is 17.6. The molecule has 10 aromatic carbocycles. The van der Waals surface area contributed by atoms with Crippen molar-refractivity contribution in [3.63, 3.8) is 0 Å². The summed E-state index contributed by atoms with van der Waals surface area (Å²) in [6.45, 7) is 9.55. The van der Waals surface area contributed by atoms with Gasteiger partial charge in [0.2, 0.25) is 0 Å². The summed E-state index contributed by atoms with van der Waals surface area (Å²) in [5.41, 5.74) is 21.1. The molecular weight excluding hydrogens is 809 g/mol. The second kappa shape index (κ2) is 14.7. The van der Waals surface area contributed by atoms with E-state index in [1.165, 1.54) is 105 Å². The SMILES string of the molecule is CC1(C)c2ccccc2-c2ccc(N(c3ccc(-c4ccncc4)cc3)c3ccc4c(c3)C(C)(C)c3cc(-c5c6ccccc6c(-c6cccc7ccccc67)c6ccccc56)ccc3-4)cc21. The van der Waals surface area contributed by atoms with E-state index in [1.54, 1.807) is 0 Å². The summed E-state index contributed by atoms with van der Waals surface area (Å²) >= 11 is 0. The Morgan fingerprint density at radius 1 is 0.313 bits per heavy atom. The van der Waals surface area contributed by atoms with Crippen LogP contribution in [0.3, 0.4) is 0 Å². The monoisotopic (exact) mass is 856 g/mol. The number of aromatic nitrogens is 1. The van der Waals surface area contributed by atoms with Crippen LogP contribution >= 0.6 is 0 Å². The zero-order chi connectivity index (χ0) is 45.0. The molecule has 0 unspecified atom stereocenters. The fourth-order valence-corrected chi connectivity index (χ4v) is 11.8. The van der Waals surface area contributed by atoms with Crippen LogP contribution in [0.15, 0.2) is 219 Å². The first-order valence-electron chi connectivity index (χ1n) is 23.5. The van der Waals surface area contributed by atoms with E-state index in [0.29, 0.717) is 0 Å². The van der Waals surface area contributed by atoms with Gasteiger partial charge in [-0.2, -0.15) is 0 Å². The van der Waals surface area contributed by atoms with Gasteiger partial charge in [0.05, 0.1) is 0 Å². The van der Waals surface area contributed by atoms with Crippen molar-refractivity contribution in [3.8, 4) is 55.6 Å². The van der Waals surface area contributed by atoms with Gasteiger partial charge in [-0.3, -0.25) is 4.98 Å². The lowest BCUT2D eigenvalue weighted by molar-refractivity contribution is 0.660. The Hall–Kier alpha value is -8.07. The minimum absolute atomic E-state index is 0.120. The zero-order valence-corrected chi connectivity index (χ0v) is 38.2. The van der Waals surface area contributed by atoms with Gasteiger partial charge in [0, 0.05) is 40.3 Å². The summed E-state index contributed by atoms with van der Waals surface area (Å²) in [6, 6.07) is 77.1. The van der Waals surface area contributed by atoms with Crippen molar-refractivity contribution in [2.75, 3.05) is 4.90 Å². The normalized spacial score (nSPS) is 13.9. The summed E-state index contributed by atoms with van der Waals surface area (Å²) < 4.78 is 0. The summed E-state index contributed by atoms with van der Waals surface area (Å²) in [5.74, 6) is 0. The molecule has 0 atom stereocenters. The molecule has 0 aliphatic heterocycles. The number of rotatable bonds is 6. The molecule has 2 nitrogen and oxygen atoms in total. The van der Waals surface area contributed by atoms with Gasteiger partial charge in [-0.25, -0.2) is 0 Å². The van der Waals surface area contributed by atoms with Crippen LogP contribution in [0.4, 0.5) is 17.1 Å². The van der Waals surface area contributed by atoms with E-state index in [4.69, 9.17) is 0 Å². The molecule has 0 fully saturated rings. The molecule has 2 aliphatic carbocycles. The van der Waals surface area contributed by atoms with Gasteiger partial charge in [-0.1, -0.05) is 179 Å². The Bertz CT molecular complexity index is 3740. The smallest absolute Gasteiger partial charge is 0.0465 e. The van der Waals surface area contributed by atoms with Crippen molar-refractivity contribution in [1.82, 2.24) is 4.98 Å². The Morgan fingerprint density at radius 3 is 1.39 bits per heavy atom. The topological polar surface area (TPSA) is 16.1 Å². The minimum atomic E-state index is -0.260. The molecule has 0 saturated heterocycles. The molecule has 11 aromatic rings. The molecule has 0 amide bonds. The lowest BCUT2D eigenvalue weighted by Gasteiger charge is -2.30. The summed E-state index contributed by atoms with van der Waals surface area (Å²) in [4.78, 5) is 6.72. The highest BCUT2D eigenvalue weighted by Gasteiger charge is 2.38. The molecule has 0 radical (unpaired) electrons. The van der Waals surface area contributed by atoms with Crippen molar-refractivity contribution in [3.05, 3.63) is 241 Å². The van der Waals surface area contributed by atoms with Crippen molar-refractivity contribution in [2.24, 2.45) is 0 Å². The molecule has 1 heterocycles. The van der Waals surface area contributed by atoms with Gasteiger partial charge in [-0.15, -0.1) is 0 Å². The van der Waals surface area contributed by atoms with Gasteiger partial charge in [0.25, 0.3) is 0 Å². The van der Waals surface area contributed by atoms with Gasteiger partial charge in [0.15, 0.2) is 0 Å². The quantitative estimate of drug-likeness (QED) is 0.155. The fourth-order valence-electron chi connectivity index (χ4n) is 11.8. The maximum atomic E-state index is 4.26. The predicted molar refractivity (Wildman–Crippen MR) is 283 cm³/mol. The average molecular weight is 857 g/mol. The largest absolute Gasteiger partial charge is 0.310 e. The third-order valence-corrected chi connectivity index (χ3v) is 15.2. The lowest BCUT2D eigenvalue weighted by atomic mass is 9.80. The van der Waals surface area contributed by atoms with Gasteiger partial charge < -0.3 is 4.90 Å². The van der Waals surface area contributed by atoms with Gasteiger partial charge >= 0.3 is 0 Å². The summed E-state index contributed by atoms with van der Waals surface area (Å²) in [6.07, 6.45) is 3.72.